The van der Waals surface area contributed by atoms with E-state index in [1.807, 2.05) is 0 Å². The molecule has 0 spiro atoms. The van der Waals surface area contributed by atoms with Crippen molar-refractivity contribution in [3.63, 3.8) is 0 Å². The van der Waals surface area contributed by atoms with Crippen LogP contribution >= 0.6 is 0 Å². The van der Waals surface area contributed by atoms with Crippen molar-refractivity contribution in [2.24, 2.45) is 5.18 Å². The molecule has 31 heavy (non-hydrogen) atoms. The van der Waals surface area contributed by atoms with Crippen molar-refractivity contribution in [1.29, 1.82) is 0 Å². The van der Waals surface area contributed by atoms with E-state index in [0.717, 1.165) is 4.73 Å². The first-order valence-electron chi connectivity index (χ1n) is 9.51. The van der Waals surface area contributed by atoms with Crippen LogP contribution in [0.3, 0.4) is 0 Å². The summed E-state index contributed by atoms with van der Waals surface area (Å²) < 4.78 is 0.966. The number of carbonyl (C=O) groups excluding carboxylic acids is 2. The van der Waals surface area contributed by atoms with E-state index in [2.05, 4.69) is 15.5 Å². The van der Waals surface area contributed by atoms with Crippen molar-refractivity contribution in [3.8, 4) is 11.4 Å². The van der Waals surface area contributed by atoms with E-state index in [0.29, 0.717) is 44.8 Å². The molecule has 3 N–H and O–H groups in total. The molecule has 1 heterocycles. The van der Waals surface area contributed by atoms with Crippen LogP contribution in [-0.4, -0.2) is 21.9 Å². The summed E-state index contributed by atoms with van der Waals surface area (Å²) in [6.07, 6.45) is 0. The summed E-state index contributed by atoms with van der Waals surface area (Å²) in [4.78, 5) is 37.8. The normalized spacial score (nSPS) is 10.8. The lowest BCUT2D eigenvalue weighted by Crippen LogP contribution is -2.30. The fourth-order valence-electron chi connectivity index (χ4n) is 3.33. The monoisotopic (exact) mass is 415 g/mol. The van der Waals surface area contributed by atoms with Gasteiger partial charge in [0.15, 0.2) is 11.3 Å². The molecule has 0 aliphatic heterocycles. The van der Waals surface area contributed by atoms with Gasteiger partial charge >= 0.3 is 5.82 Å². The molecule has 4 aromatic rings. The number of imidazole rings is 1. The Bertz CT molecular complexity index is 1320. The molecule has 0 atom stereocenters. The van der Waals surface area contributed by atoms with Gasteiger partial charge in [0.1, 0.15) is 5.69 Å². The highest BCUT2D eigenvalue weighted by atomic mass is 16.5. The molecule has 0 saturated carbocycles. The molecule has 8 nitrogen and oxygen atoms in total. The zero-order valence-corrected chi connectivity index (χ0v) is 16.8. The Morgan fingerprint density at radius 2 is 1.65 bits per heavy atom. The highest BCUT2D eigenvalue weighted by molar-refractivity contribution is 6.05. The third-order valence-electron chi connectivity index (χ3n) is 5.08. The molecule has 3 aromatic carbocycles. The molecule has 0 aliphatic rings. The van der Waals surface area contributed by atoms with Crippen LogP contribution in [0.5, 0.6) is 0 Å². The molecule has 0 saturated heterocycles. The molecular formula is C23H19N4O4+. The van der Waals surface area contributed by atoms with E-state index in [9.17, 15) is 19.7 Å². The van der Waals surface area contributed by atoms with Crippen molar-refractivity contribution in [2.45, 2.75) is 13.8 Å². The number of fused-ring (bicyclic) bond motifs is 1. The number of hydrogen-bond donors (Lipinski definition) is 3. The number of carbonyl (C=O) groups is 2. The number of hydrogen-bond acceptors (Lipinski definition) is 5. The minimum absolute atomic E-state index is 0.0607. The summed E-state index contributed by atoms with van der Waals surface area (Å²) in [5.41, 5.74) is 4.29. The van der Waals surface area contributed by atoms with Gasteiger partial charge in [-0.2, -0.15) is 0 Å². The SMILES string of the molecule is CC(=O)c1ccc(C(=O)Nc2ccc(-c3[nH]c4cc(C)c(N=O)cc4[n+]3O)cc2)cc1. The summed E-state index contributed by atoms with van der Waals surface area (Å²) in [5, 5.41) is 16.3. The number of H-pyrrole nitrogens is 1. The molecule has 0 radical (unpaired) electrons. The van der Waals surface area contributed by atoms with Crippen LogP contribution in [0.15, 0.2) is 65.8 Å². The molecule has 154 valence electrons. The fourth-order valence-corrected chi connectivity index (χ4v) is 3.33. The number of aryl methyl sites for hydroxylation is 1. The Morgan fingerprint density at radius 1 is 1.00 bits per heavy atom. The van der Waals surface area contributed by atoms with Gasteiger partial charge < -0.3 is 10.5 Å². The molecule has 1 aromatic heterocycles. The predicted molar refractivity (Wildman–Crippen MR) is 116 cm³/mol. The van der Waals surface area contributed by atoms with Crippen molar-refractivity contribution in [2.75, 3.05) is 5.32 Å². The zero-order chi connectivity index (χ0) is 22.1. The molecule has 0 fully saturated rings. The van der Waals surface area contributed by atoms with Crippen LogP contribution in [0.2, 0.25) is 0 Å². The van der Waals surface area contributed by atoms with E-state index >= 15 is 0 Å². The van der Waals surface area contributed by atoms with E-state index in [1.54, 1.807) is 61.5 Å². The van der Waals surface area contributed by atoms with E-state index in [-0.39, 0.29) is 17.4 Å². The number of aromatic amines is 1. The van der Waals surface area contributed by atoms with Crippen LogP contribution in [-0.2, 0) is 0 Å². The first-order valence-corrected chi connectivity index (χ1v) is 9.51. The minimum atomic E-state index is -0.296. The summed E-state index contributed by atoms with van der Waals surface area (Å²) in [7, 11) is 0. The van der Waals surface area contributed by atoms with Crippen LogP contribution < -0.4 is 10.0 Å². The standard InChI is InChI=1S/C23H18N4O4/c1-13-11-20-21(12-19(13)26-30)27(31)22(25-20)16-7-9-18(10-8-16)24-23(29)17-5-3-15(4-6-17)14(2)28/h3-12,31H,1-2H3,(H,24,25,29,30)/p+1. The number of aromatic nitrogens is 2. The molecular weight excluding hydrogens is 396 g/mol. The summed E-state index contributed by atoms with van der Waals surface area (Å²) in [5.74, 6) is 0.0691. The Labute approximate surface area is 177 Å². The van der Waals surface area contributed by atoms with Crippen LogP contribution in [0.25, 0.3) is 22.4 Å². The number of nitroso groups, excluding NO2 is 1. The zero-order valence-electron chi connectivity index (χ0n) is 16.8. The predicted octanol–water partition coefficient (Wildman–Crippen LogP) is 4.52. The Hall–Kier alpha value is -4.33. The van der Waals surface area contributed by atoms with E-state index in [4.69, 9.17) is 0 Å². The number of benzene rings is 3. The number of amides is 1. The molecule has 8 heteroatoms. The molecule has 0 bridgehead atoms. The van der Waals surface area contributed by atoms with Gasteiger partial charge in [0.25, 0.3) is 5.91 Å². The second-order valence-corrected chi connectivity index (χ2v) is 7.20. The van der Waals surface area contributed by atoms with E-state index < -0.39 is 0 Å². The number of anilines is 1. The third kappa shape index (κ3) is 3.78. The second kappa shape index (κ2) is 7.83. The van der Waals surface area contributed by atoms with Crippen LogP contribution in [0.1, 0.15) is 33.2 Å². The molecule has 0 aliphatic carbocycles. The summed E-state index contributed by atoms with van der Waals surface area (Å²) in [6.45, 7) is 3.24. The van der Waals surface area contributed by atoms with Gasteiger partial charge in [-0.3, -0.25) is 9.59 Å². The number of nitrogens with zero attached hydrogens (tertiary/aromatic N) is 2. The van der Waals surface area contributed by atoms with Gasteiger partial charge in [-0.1, -0.05) is 12.1 Å². The first kappa shape index (κ1) is 20.0. The lowest BCUT2D eigenvalue weighted by atomic mass is 10.1. The van der Waals surface area contributed by atoms with Crippen LogP contribution in [0.4, 0.5) is 11.4 Å². The maximum Gasteiger partial charge on any atom is 0.327 e. The lowest BCUT2D eigenvalue weighted by molar-refractivity contribution is -0.875. The fraction of sp³-hybridized carbons (Fsp3) is 0.0870. The maximum atomic E-state index is 12.4. The average molecular weight is 415 g/mol. The van der Waals surface area contributed by atoms with Gasteiger partial charge in [0, 0.05) is 22.9 Å². The van der Waals surface area contributed by atoms with E-state index in [1.165, 1.54) is 13.0 Å². The van der Waals surface area contributed by atoms with Gasteiger partial charge in [-0.25, -0.2) is 4.98 Å². The maximum absolute atomic E-state index is 12.4. The van der Waals surface area contributed by atoms with Gasteiger partial charge in [0.2, 0.25) is 5.52 Å². The van der Waals surface area contributed by atoms with Crippen LogP contribution in [0, 0.1) is 11.8 Å². The highest BCUT2D eigenvalue weighted by Gasteiger charge is 2.22. The number of ketones is 1. The van der Waals surface area contributed by atoms with Crippen molar-refractivity contribution < 1.29 is 19.5 Å². The molecule has 0 unspecified atom stereocenters. The van der Waals surface area contributed by atoms with Crippen molar-refractivity contribution in [3.05, 3.63) is 82.3 Å². The number of Topliss-reactive ketones (excluding diaryl/α,β-unsaturated/α-hetero) is 1. The van der Waals surface area contributed by atoms with Gasteiger partial charge in [0.05, 0.1) is 5.56 Å². The quantitative estimate of drug-likeness (QED) is 0.192. The van der Waals surface area contributed by atoms with Gasteiger partial charge in [-0.05, 0) is 71.8 Å². The second-order valence-electron chi connectivity index (χ2n) is 7.20. The lowest BCUT2D eigenvalue weighted by Gasteiger charge is -2.06. The Morgan fingerprint density at radius 3 is 2.26 bits per heavy atom. The summed E-state index contributed by atoms with van der Waals surface area (Å²) in [6, 6.07) is 16.6. The molecule has 1 amide bonds. The smallest absolute Gasteiger partial charge is 0.327 e. The number of rotatable bonds is 5. The minimum Gasteiger partial charge on any atom is -0.349 e. The van der Waals surface area contributed by atoms with Gasteiger partial charge in [-0.15, -0.1) is 4.91 Å². The highest BCUT2D eigenvalue weighted by Crippen LogP contribution is 2.26. The Balaban J connectivity index is 1.57. The first-order chi connectivity index (χ1) is 14.9. The number of nitrogens with one attached hydrogen (secondary N) is 2. The third-order valence-corrected chi connectivity index (χ3v) is 5.08. The van der Waals surface area contributed by atoms with Crippen molar-refractivity contribution >= 4 is 34.1 Å². The molecule has 4 rings (SSSR count). The van der Waals surface area contributed by atoms with Crippen molar-refractivity contribution in [1.82, 2.24) is 4.98 Å². The Kier molecular flexibility index (Phi) is 5.04. The largest absolute Gasteiger partial charge is 0.349 e. The average Bonchev–Trinajstić information content (AvgIpc) is 3.08. The summed E-state index contributed by atoms with van der Waals surface area (Å²) >= 11 is 0. The topological polar surface area (TPSA) is 115 Å².